The van der Waals surface area contributed by atoms with E-state index in [1.807, 2.05) is 24.3 Å². The van der Waals surface area contributed by atoms with Gasteiger partial charge in [-0.3, -0.25) is 9.59 Å². The zero-order valence-corrected chi connectivity index (χ0v) is 11.6. The van der Waals surface area contributed by atoms with Crippen LogP contribution in [0.15, 0.2) is 24.3 Å². The average Bonchev–Trinajstić information content (AvgIpc) is 2.37. The molecule has 0 heterocycles. The molecule has 0 unspecified atom stereocenters. The first-order chi connectivity index (χ1) is 9.02. The van der Waals surface area contributed by atoms with Crippen molar-refractivity contribution in [3.63, 3.8) is 0 Å². The average molecular weight is 264 g/mol. The molecule has 0 aliphatic heterocycles. The zero-order chi connectivity index (χ0) is 14.3. The Bertz CT molecular complexity index is 429. The van der Waals surface area contributed by atoms with Crippen LogP contribution in [0.1, 0.15) is 19.4 Å². The van der Waals surface area contributed by atoms with E-state index in [1.54, 1.807) is 12.0 Å². The molecular weight excluding hydrogens is 244 g/mol. The third kappa shape index (κ3) is 5.42. The third-order valence-corrected chi connectivity index (χ3v) is 2.73. The SMILES string of the molecule is COc1ccc(CN(CCNC(C)=O)C(C)=O)cc1. The van der Waals surface area contributed by atoms with Crippen molar-refractivity contribution >= 4 is 11.8 Å². The summed E-state index contributed by atoms with van der Waals surface area (Å²) in [4.78, 5) is 24.0. The van der Waals surface area contributed by atoms with Gasteiger partial charge in [-0.05, 0) is 17.7 Å². The van der Waals surface area contributed by atoms with Crippen LogP contribution in [0.2, 0.25) is 0 Å². The van der Waals surface area contributed by atoms with Gasteiger partial charge in [0.15, 0.2) is 0 Å². The number of carbonyl (C=O) groups excluding carboxylic acids is 2. The van der Waals surface area contributed by atoms with Crippen molar-refractivity contribution in [1.29, 1.82) is 0 Å². The molecule has 5 nitrogen and oxygen atoms in total. The topological polar surface area (TPSA) is 58.6 Å². The molecule has 1 aromatic rings. The summed E-state index contributed by atoms with van der Waals surface area (Å²) in [7, 11) is 1.62. The minimum Gasteiger partial charge on any atom is -0.497 e. The second kappa shape index (κ2) is 7.41. The van der Waals surface area contributed by atoms with Crippen molar-refractivity contribution in [2.24, 2.45) is 0 Å². The monoisotopic (exact) mass is 264 g/mol. The Morgan fingerprint density at radius 2 is 1.84 bits per heavy atom. The number of nitrogens with one attached hydrogen (secondary N) is 1. The standard InChI is InChI=1S/C14H20N2O3/c1-11(17)15-8-9-16(12(2)18)10-13-4-6-14(19-3)7-5-13/h4-7H,8-10H2,1-3H3,(H,15,17). The van der Waals surface area contributed by atoms with Crippen LogP contribution < -0.4 is 10.1 Å². The van der Waals surface area contributed by atoms with Gasteiger partial charge in [-0.1, -0.05) is 12.1 Å². The molecule has 0 saturated carbocycles. The van der Waals surface area contributed by atoms with Crippen LogP contribution >= 0.6 is 0 Å². The van der Waals surface area contributed by atoms with E-state index in [9.17, 15) is 9.59 Å². The highest BCUT2D eigenvalue weighted by Crippen LogP contribution is 2.12. The Morgan fingerprint density at radius 3 is 2.32 bits per heavy atom. The highest BCUT2D eigenvalue weighted by molar-refractivity contribution is 5.74. The van der Waals surface area contributed by atoms with E-state index in [-0.39, 0.29) is 11.8 Å². The van der Waals surface area contributed by atoms with Crippen molar-refractivity contribution in [3.8, 4) is 5.75 Å². The lowest BCUT2D eigenvalue weighted by Crippen LogP contribution is -2.36. The number of amides is 2. The van der Waals surface area contributed by atoms with Crippen molar-refractivity contribution < 1.29 is 14.3 Å². The summed E-state index contributed by atoms with van der Waals surface area (Å²) < 4.78 is 5.08. The molecule has 0 aromatic heterocycles. The molecule has 1 rings (SSSR count). The fraction of sp³-hybridized carbons (Fsp3) is 0.429. The molecule has 0 saturated heterocycles. The van der Waals surface area contributed by atoms with E-state index in [4.69, 9.17) is 4.74 Å². The second-order valence-electron chi connectivity index (χ2n) is 4.27. The van der Waals surface area contributed by atoms with E-state index >= 15 is 0 Å². The smallest absolute Gasteiger partial charge is 0.219 e. The molecular formula is C14H20N2O3. The molecule has 19 heavy (non-hydrogen) atoms. The summed E-state index contributed by atoms with van der Waals surface area (Å²) in [5.41, 5.74) is 1.03. The first kappa shape index (κ1) is 15.0. The summed E-state index contributed by atoms with van der Waals surface area (Å²) >= 11 is 0. The van der Waals surface area contributed by atoms with Gasteiger partial charge in [-0.2, -0.15) is 0 Å². The van der Waals surface area contributed by atoms with Gasteiger partial charge in [0.25, 0.3) is 0 Å². The Labute approximate surface area is 113 Å². The minimum atomic E-state index is -0.0899. The molecule has 104 valence electrons. The van der Waals surface area contributed by atoms with Gasteiger partial charge in [-0.25, -0.2) is 0 Å². The maximum Gasteiger partial charge on any atom is 0.219 e. The predicted octanol–water partition coefficient (Wildman–Crippen LogP) is 1.18. The van der Waals surface area contributed by atoms with Crippen molar-refractivity contribution in [2.75, 3.05) is 20.2 Å². The number of rotatable bonds is 6. The Kier molecular flexibility index (Phi) is 5.85. The molecule has 0 aliphatic carbocycles. The van der Waals surface area contributed by atoms with Crippen LogP contribution in [-0.2, 0) is 16.1 Å². The predicted molar refractivity (Wildman–Crippen MR) is 72.8 cm³/mol. The van der Waals surface area contributed by atoms with Crippen LogP contribution in [0.25, 0.3) is 0 Å². The van der Waals surface area contributed by atoms with E-state index < -0.39 is 0 Å². The van der Waals surface area contributed by atoms with Gasteiger partial charge in [0.2, 0.25) is 11.8 Å². The molecule has 5 heteroatoms. The van der Waals surface area contributed by atoms with Crippen molar-refractivity contribution in [2.45, 2.75) is 20.4 Å². The van der Waals surface area contributed by atoms with Crippen molar-refractivity contribution in [1.82, 2.24) is 10.2 Å². The van der Waals surface area contributed by atoms with E-state index in [0.717, 1.165) is 11.3 Å². The number of hydrogen-bond donors (Lipinski definition) is 1. The van der Waals surface area contributed by atoms with Crippen LogP contribution in [0.5, 0.6) is 5.75 Å². The quantitative estimate of drug-likeness (QED) is 0.839. The summed E-state index contributed by atoms with van der Waals surface area (Å²) in [6, 6.07) is 7.57. The van der Waals surface area contributed by atoms with Crippen LogP contribution in [-0.4, -0.2) is 36.9 Å². The van der Waals surface area contributed by atoms with E-state index in [2.05, 4.69) is 5.32 Å². The van der Waals surface area contributed by atoms with Crippen LogP contribution in [0, 0.1) is 0 Å². The lowest BCUT2D eigenvalue weighted by atomic mass is 10.2. The molecule has 1 N–H and O–H groups in total. The number of ether oxygens (including phenoxy) is 1. The van der Waals surface area contributed by atoms with Crippen molar-refractivity contribution in [3.05, 3.63) is 29.8 Å². The molecule has 0 atom stereocenters. The molecule has 0 bridgehead atoms. The summed E-state index contributed by atoms with van der Waals surface area (Å²) in [6.45, 7) is 4.48. The Morgan fingerprint density at radius 1 is 1.21 bits per heavy atom. The fourth-order valence-electron chi connectivity index (χ4n) is 1.67. The normalized spacial score (nSPS) is 9.84. The lowest BCUT2D eigenvalue weighted by molar-refractivity contribution is -0.130. The Hall–Kier alpha value is -2.04. The van der Waals surface area contributed by atoms with Gasteiger partial charge < -0.3 is 15.0 Å². The highest BCUT2D eigenvalue weighted by atomic mass is 16.5. The van der Waals surface area contributed by atoms with E-state index in [1.165, 1.54) is 13.8 Å². The van der Waals surface area contributed by atoms with E-state index in [0.29, 0.717) is 19.6 Å². The van der Waals surface area contributed by atoms with Gasteiger partial charge in [0, 0.05) is 33.5 Å². The first-order valence-corrected chi connectivity index (χ1v) is 6.16. The highest BCUT2D eigenvalue weighted by Gasteiger charge is 2.09. The van der Waals surface area contributed by atoms with Crippen LogP contribution in [0.4, 0.5) is 0 Å². The minimum absolute atomic E-state index is 0.0128. The molecule has 0 aliphatic rings. The first-order valence-electron chi connectivity index (χ1n) is 6.16. The van der Waals surface area contributed by atoms with Crippen LogP contribution in [0.3, 0.4) is 0 Å². The summed E-state index contributed by atoms with van der Waals surface area (Å²) in [5.74, 6) is 0.686. The Balaban J connectivity index is 2.56. The number of benzene rings is 1. The fourth-order valence-corrected chi connectivity index (χ4v) is 1.67. The maximum atomic E-state index is 11.5. The third-order valence-electron chi connectivity index (χ3n) is 2.73. The molecule has 1 aromatic carbocycles. The molecule has 0 spiro atoms. The van der Waals surface area contributed by atoms with Gasteiger partial charge in [0.05, 0.1) is 7.11 Å². The zero-order valence-electron chi connectivity index (χ0n) is 11.6. The summed E-state index contributed by atoms with van der Waals surface area (Å²) in [5, 5.41) is 2.68. The maximum absolute atomic E-state index is 11.5. The van der Waals surface area contributed by atoms with Gasteiger partial charge >= 0.3 is 0 Å². The number of hydrogen-bond acceptors (Lipinski definition) is 3. The number of carbonyl (C=O) groups is 2. The van der Waals surface area contributed by atoms with Gasteiger partial charge in [0.1, 0.15) is 5.75 Å². The second-order valence-corrected chi connectivity index (χ2v) is 4.27. The van der Waals surface area contributed by atoms with Gasteiger partial charge in [-0.15, -0.1) is 0 Å². The largest absolute Gasteiger partial charge is 0.497 e. The molecule has 2 amide bonds. The summed E-state index contributed by atoms with van der Waals surface area (Å²) in [6.07, 6.45) is 0. The molecule has 0 fully saturated rings. The number of methoxy groups -OCH3 is 1. The molecule has 0 radical (unpaired) electrons. The lowest BCUT2D eigenvalue weighted by Gasteiger charge is -2.21. The number of nitrogens with zero attached hydrogens (tertiary/aromatic N) is 1.